The van der Waals surface area contributed by atoms with Crippen LogP contribution in [0.5, 0.6) is 0 Å². The molecule has 0 amide bonds. The van der Waals surface area contributed by atoms with E-state index in [0.29, 0.717) is 5.58 Å². The summed E-state index contributed by atoms with van der Waals surface area (Å²) in [4.78, 5) is 14.2. The Morgan fingerprint density at radius 1 is 1.00 bits per heavy atom. The van der Waals surface area contributed by atoms with Gasteiger partial charge in [0.1, 0.15) is 5.58 Å². The first-order chi connectivity index (χ1) is 12.1. The van der Waals surface area contributed by atoms with Crippen LogP contribution in [0.25, 0.3) is 23.1 Å². The highest BCUT2D eigenvalue weighted by Gasteiger charge is 2.07. The summed E-state index contributed by atoms with van der Waals surface area (Å²) < 4.78 is 5.42. The second kappa shape index (κ2) is 7.26. The number of benzene rings is 2. The Morgan fingerprint density at radius 3 is 2.40 bits per heavy atom. The lowest BCUT2D eigenvalue weighted by atomic mass is 10.1. The van der Waals surface area contributed by atoms with Gasteiger partial charge in [0.2, 0.25) is 0 Å². The number of hydrogen-bond donors (Lipinski definition) is 1. The van der Waals surface area contributed by atoms with E-state index >= 15 is 0 Å². The molecule has 0 unspecified atom stereocenters. The normalized spacial score (nSPS) is 11.3. The fourth-order valence-electron chi connectivity index (χ4n) is 2.89. The van der Waals surface area contributed by atoms with Crippen LogP contribution in [0.3, 0.4) is 0 Å². The van der Waals surface area contributed by atoms with Gasteiger partial charge in [-0.3, -0.25) is 0 Å². The van der Waals surface area contributed by atoms with E-state index in [-0.39, 0.29) is 5.63 Å². The number of nitrogens with two attached hydrogens (primary N) is 1. The summed E-state index contributed by atoms with van der Waals surface area (Å²) in [6, 6.07) is 15.1. The average Bonchev–Trinajstić information content (AvgIpc) is 2.61. The molecule has 0 aliphatic heterocycles. The molecular weight excluding hydrogens is 312 g/mol. The van der Waals surface area contributed by atoms with Gasteiger partial charge >= 0.3 is 5.63 Å². The molecule has 4 nitrogen and oxygen atoms in total. The van der Waals surface area contributed by atoms with Gasteiger partial charge in [0.05, 0.1) is 0 Å². The van der Waals surface area contributed by atoms with E-state index in [1.54, 1.807) is 0 Å². The van der Waals surface area contributed by atoms with Crippen LogP contribution in [0.4, 0.5) is 11.4 Å². The molecule has 1 heterocycles. The summed E-state index contributed by atoms with van der Waals surface area (Å²) in [5, 5.41) is 0.919. The highest BCUT2D eigenvalue weighted by molar-refractivity contribution is 5.91. The SMILES string of the molecule is CCN(CC)c1ccc2c(C=Cc3ccc(N)cc3)cc(=O)oc2c1. The molecule has 3 aromatic rings. The third-order valence-electron chi connectivity index (χ3n) is 4.28. The molecule has 0 aliphatic carbocycles. The van der Waals surface area contributed by atoms with Crippen LogP contribution in [0.15, 0.2) is 57.7 Å². The van der Waals surface area contributed by atoms with Gasteiger partial charge in [-0.2, -0.15) is 0 Å². The number of fused-ring (bicyclic) bond motifs is 1. The topological polar surface area (TPSA) is 59.5 Å². The Hall–Kier alpha value is -3.01. The smallest absolute Gasteiger partial charge is 0.336 e. The van der Waals surface area contributed by atoms with E-state index in [0.717, 1.165) is 41.0 Å². The first-order valence-electron chi connectivity index (χ1n) is 8.47. The Labute approximate surface area is 147 Å². The summed E-state index contributed by atoms with van der Waals surface area (Å²) in [6.45, 7) is 6.03. The zero-order valence-electron chi connectivity index (χ0n) is 14.5. The summed E-state index contributed by atoms with van der Waals surface area (Å²) in [7, 11) is 0. The summed E-state index contributed by atoms with van der Waals surface area (Å²) in [5.41, 5.74) is 9.62. The molecule has 0 aliphatic rings. The van der Waals surface area contributed by atoms with Crippen molar-refractivity contribution in [3.8, 4) is 0 Å². The van der Waals surface area contributed by atoms with E-state index in [2.05, 4.69) is 24.8 Å². The Kier molecular flexibility index (Phi) is 4.89. The van der Waals surface area contributed by atoms with E-state index in [9.17, 15) is 4.79 Å². The van der Waals surface area contributed by atoms with Crippen molar-refractivity contribution in [1.29, 1.82) is 0 Å². The van der Waals surface area contributed by atoms with Gasteiger partial charge in [-0.1, -0.05) is 24.3 Å². The van der Waals surface area contributed by atoms with E-state index in [1.807, 2.05) is 48.6 Å². The van der Waals surface area contributed by atoms with Gasteiger partial charge in [-0.25, -0.2) is 4.79 Å². The molecule has 0 saturated carbocycles. The van der Waals surface area contributed by atoms with Crippen LogP contribution in [0.1, 0.15) is 25.0 Å². The molecule has 0 saturated heterocycles. The minimum absolute atomic E-state index is 0.346. The van der Waals surface area contributed by atoms with Crippen molar-refractivity contribution in [2.45, 2.75) is 13.8 Å². The third-order valence-corrected chi connectivity index (χ3v) is 4.28. The average molecular weight is 334 g/mol. The summed E-state index contributed by atoms with van der Waals surface area (Å²) in [6.07, 6.45) is 3.90. The van der Waals surface area contributed by atoms with Crippen molar-refractivity contribution < 1.29 is 4.42 Å². The Balaban J connectivity index is 2.03. The number of nitrogen functional groups attached to an aromatic ring is 1. The molecule has 2 N–H and O–H groups in total. The quantitative estimate of drug-likeness (QED) is 0.555. The first kappa shape index (κ1) is 16.8. The predicted octanol–water partition coefficient (Wildman–Crippen LogP) is 4.39. The Bertz CT molecular complexity index is 952. The predicted molar refractivity (Wildman–Crippen MR) is 106 cm³/mol. The standard InChI is InChI=1S/C21H22N2O2/c1-3-23(4-2)18-11-12-19-16(13-21(24)25-20(19)14-18)8-5-15-6-9-17(22)10-7-15/h5-14H,3-4,22H2,1-2H3. The van der Waals surface area contributed by atoms with Gasteiger partial charge in [0.15, 0.2) is 0 Å². The van der Waals surface area contributed by atoms with Crippen molar-refractivity contribution in [3.05, 3.63) is 70.1 Å². The van der Waals surface area contributed by atoms with Crippen LogP contribution in [-0.2, 0) is 0 Å². The molecule has 0 radical (unpaired) electrons. The monoisotopic (exact) mass is 334 g/mol. The van der Waals surface area contributed by atoms with Crippen molar-refractivity contribution in [2.75, 3.05) is 23.7 Å². The number of hydrogen-bond acceptors (Lipinski definition) is 4. The summed E-state index contributed by atoms with van der Waals surface area (Å²) in [5.74, 6) is 0. The van der Waals surface area contributed by atoms with Crippen molar-refractivity contribution in [3.63, 3.8) is 0 Å². The minimum Gasteiger partial charge on any atom is -0.423 e. The highest BCUT2D eigenvalue weighted by atomic mass is 16.4. The summed E-state index contributed by atoms with van der Waals surface area (Å²) >= 11 is 0. The van der Waals surface area contributed by atoms with Crippen LogP contribution >= 0.6 is 0 Å². The van der Waals surface area contributed by atoms with Crippen LogP contribution in [0, 0.1) is 0 Å². The molecule has 128 valence electrons. The maximum absolute atomic E-state index is 11.9. The van der Waals surface area contributed by atoms with Gasteiger partial charge in [-0.15, -0.1) is 0 Å². The van der Waals surface area contributed by atoms with Gasteiger partial charge < -0.3 is 15.1 Å². The molecule has 0 fully saturated rings. The second-order valence-corrected chi connectivity index (χ2v) is 5.87. The second-order valence-electron chi connectivity index (χ2n) is 5.87. The fourth-order valence-corrected chi connectivity index (χ4v) is 2.89. The molecule has 4 heteroatoms. The molecule has 2 aromatic carbocycles. The number of nitrogens with zero attached hydrogens (tertiary/aromatic N) is 1. The van der Waals surface area contributed by atoms with Crippen LogP contribution in [-0.4, -0.2) is 13.1 Å². The van der Waals surface area contributed by atoms with Crippen molar-refractivity contribution in [2.24, 2.45) is 0 Å². The molecule has 0 bridgehead atoms. The molecule has 1 aromatic heterocycles. The van der Waals surface area contributed by atoms with Crippen LogP contribution in [0.2, 0.25) is 0 Å². The van der Waals surface area contributed by atoms with Crippen molar-refractivity contribution in [1.82, 2.24) is 0 Å². The van der Waals surface area contributed by atoms with Crippen molar-refractivity contribution >= 4 is 34.5 Å². The zero-order valence-corrected chi connectivity index (χ0v) is 14.5. The van der Waals surface area contributed by atoms with Gasteiger partial charge in [0, 0.05) is 42.0 Å². The van der Waals surface area contributed by atoms with E-state index < -0.39 is 0 Å². The van der Waals surface area contributed by atoms with Gasteiger partial charge in [-0.05, 0) is 49.2 Å². The molecular formula is C21H22N2O2. The third kappa shape index (κ3) is 3.74. The molecule has 25 heavy (non-hydrogen) atoms. The molecule has 0 spiro atoms. The van der Waals surface area contributed by atoms with E-state index in [4.69, 9.17) is 10.2 Å². The maximum atomic E-state index is 11.9. The number of anilines is 2. The molecule has 0 atom stereocenters. The van der Waals surface area contributed by atoms with E-state index in [1.165, 1.54) is 6.07 Å². The minimum atomic E-state index is -0.346. The lowest BCUT2D eigenvalue weighted by Gasteiger charge is -2.21. The lowest BCUT2D eigenvalue weighted by Crippen LogP contribution is -2.21. The van der Waals surface area contributed by atoms with Crippen LogP contribution < -0.4 is 16.3 Å². The zero-order chi connectivity index (χ0) is 17.8. The highest BCUT2D eigenvalue weighted by Crippen LogP contribution is 2.25. The largest absolute Gasteiger partial charge is 0.423 e. The van der Waals surface area contributed by atoms with Gasteiger partial charge in [0.25, 0.3) is 0 Å². The molecule has 3 rings (SSSR count). The number of rotatable bonds is 5. The first-order valence-corrected chi connectivity index (χ1v) is 8.47. The fraction of sp³-hybridized carbons (Fsp3) is 0.190. The maximum Gasteiger partial charge on any atom is 0.336 e. The lowest BCUT2D eigenvalue weighted by molar-refractivity contribution is 0.560. The Morgan fingerprint density at radius 2 is 1.72 bits per heavy atom.